The molecule has 1 aliphatic carbocycles. The summed E-state index contributed by atoms with van der Waals surface area (Å²) in [6.07, 6.45) is 6.17. The first-order valence-corrected chi connectivity index (χ1v) is 9.31. The molecule has 0 aromatic heterocycles. The van der Waals surface area contributed by atoms with Gasteiger partial charge >= 0.3 is 11.9 Å². The number of hydrogen-bond acceptors (Lipinski definition) is 6. The second-order valence-electron chi connectivity index (χ2n) is 7.67. The van der Waals surface area contributed by atoms with E-state index in [1.54, 1.807) is 24.3 Å². The summed E-state index contributed by atoms with van der Waals surface area (Å²) in [4.78, 5) is 35.6. The summed E-state index contributed by atoms with van der Waals surface area (Å²) < 4.78 is 15.8. The molecule has 1 saturated carbocycles. The Morgan fingerprint density at radius 3 is 2.54 bits per heavy atom. The predicted molar refractivity (Wildman–Crippen MR) is 102 cm³/mol. The molecular formula is C21H25NO6. The lowest BCUT2D eigenvalue weighted by Crippen LogP contribution is -2.56. The first-order chi connectivity index (χ1) is 13.3. The van der Waals surface area contributed by atoms with E-state index in [4.69, 9.17) is 14.2 Å². The van der Waals surface area contributed by atoms with E-state index in [1.165, 1.54) is 20.1 Å². The fourth-order valence-corrected chi connectivity index (χ4v) is 3.66. The van der Waals surface area contributed by atoms with E-state index in [2.05, 4.69) is 5.32 Å². The van der Waals surface area contributed by atoms with Gasteiger partial charge in [0.2, 0.25) is 5.91 Å². The highest BCUT2D eigenvalue weighted by Gasteiger charge is 2.54. The molecule has 1 aromatic carbocycles. The quantitative estimate of drug-likeness (QED) is 0.458. The maximum Gasteiger partial charge on any atom is 0.314 e. The molecule has 3 fully saturated rings. The topological polar surface area (TPSA) is 90.9 Å². The van der Waals surface area contributed by atoms with Crippen LogP contribution in [-0.4, -0.2) is 37.1 Å². The van der Waals surface area contributed by atoms with Gasteiger partial charge in [-0.1, -0.05) is 6.07 Å². The van der Waals surface area contributed by atoms with E-state index in [0.29, 0.717) is 17.1 Å². The third-order valence-corrected chi connectivity index (χ3v) is 5.51. The number of methoxy groups -OCH3 is 1. The smallest absolute Gasteiger partial charge is 0.314 e. The second kappa shape index (κ2) is 7.66. The van der Waals surface area contributed by atoms with Crippen molar-refractivity contribution in [2.24, 2.45) is 5.41 Å². The van der Waals surface area contributed by atoms with E-state index in [9.17, 15) is 14.4 Å². The lowest BCUT2D eigenvalue weighted by atomic mass is 9.66. The molecule has 2 saturated heterocycles. The average Bonchev–Trinajstić information content (AvgIpc) is 2.66. The number of benzene rings is 1. The highest BCUT2D eigenvalue weighted by atomic mass is 16.6. The molecular weight excluding hydrogens is 362 g/mol. The van der Waals surface area contributed by atoms with E-state index in [1.807, 2.05) is 6.92 Å². The summed E-state index contributed by atoms with van der Waals surface area (Å²) in [6.45, 7) is 3.56. The third-order valence-electron chi connectivity index (χ3n) is 5.51. The van der Waals surface area contributed by atoms with Crippen LogP contribution in [0.4, 0.5) is 0 Å². The number of carbonyl (C=O) groups is 3. The molecule has 2 heterocycles. The molecule has 7 heteroatoms. The zero-order valence-electron chi connectivity index (χ0n) is 16.4. The van der Waals surface area contributed by atoms with E-state index in [0.717, 1.165) is 25.7 Å². The third kappa shape index (κ3) is 4.18. The molecule has 1 aromatic rings. The van der Waals surface area contributed by atoms with Crippen LogP contribution in [0.25, 0.3) is 6.08 Å². The standard InChI is InChI=1S/C21H25NO6/c1-14(23)27-16-6-4-15(12-17(16)26-3)5-7-18(24)22-13-21-10-8-20(2,9-11-21)28-19(21)25/h4-7,12H,8-11,13H2,1-3H3,(H,22,24). The number of ether oxygens (including phenoxy) is 3. The van der Waals surface area contributed by atoms with Crippen molar-refractivity contribution in [3.05, 3.63) is 29.8 Å². The largest absolute Gasteiger partial charge is 0.493 e. The Bertz CT molecular complexity index is 820. The van der Waals surface area contributed by atoms with Crippen molar-refractivity contribution in [1.82, 2.24) is 5.32 Å². The average molecular weight is 387 g/mol. The molecule has 0 spiro atoms. The Balaban J connectivity index is 1.60. The molecule has 0 unspecified atom stereocenters. The van der Waals surface area contributed by atoms with Crippen LogP contribution < -0.4 is 14.8 Å². The van der Waals surface area contributed by atoms with Crippen molar-refractivity contribution in [1.29, 1.82) is 0 Å². The van der Waals surface area contributed by atoms with Crippen molar-refractivity contribution < 1.29 is 28.6 Å². The van der Waals surface area contributed by atoms with Gasteiger partial charge in [0.25, 0.3) is 0 Å². The Hall–Kier alpha value is -2.83. The van der Waals surface area contributed by atoms with Crippen LogP contribution >= 0.6 is 0 Å². The maximum absolute atomic E-state index is 12.3. The lowest BCUT2D eigenvalue weighted by Gasteiger charge is -2.49. The summed E-state index contributed by atoms with van der Waals surface area (Å²) >= 11 is 0. The van der Waals surface area contributed by atoms with Crippen LogP contribution in [0.3, 0.4) is 0 Å². The van der Waals surface area contributed by atoms with Gasteiger partial charge in [-0.3, -0.25) is 14.4 Å². The molecule has 7 nitrogen and oxygen atoms in total. The lowest BCUT2D eigenvalue weighted by molar-refractivity contribution is -0.199. The molecule has 3 aliphatic rings. The number of rotatable bonds is 6. The highest BCUT2D eigenvalue weighted by Crippen LogP contribution is 2.49. The van der Waals surface area contributed by atoms with Crippen LogP contribution in [0, 0.1) is 5.41 Å². The van der Waals surface area contributed by atoms with Gasteiger partial charge in [-0.25, -0.2) is 0 Å². The van der Waals surface area contributed by atoms with Gasteiger partial charge in [0.1, 0.15) is 5.60 Å². The minimum atomic E-state index is -0.601. The van der Waals surface area contributed by atoms with Gasteiger partial charge in [-0.05, 0) is 56.4 Å². The van der Waals surface area contributed by atoms with E-state index < -0.39 is 11.4 Å². The van der Waals surface area contributed by atoms with Crippen LogP contribution in [-0.2, 0) is 19.1 Å². The number of carbonyl (C=O) groups excluding carboxylic acids is 3. The monoisotopic (exact) mass is 387 g/mol. The van der Waals surface area contributed by atoms with E-state index in [-0.39, 0.29) is 24.0 Å². The Morgan fingerprint density at radius 1 is 1.21 bits per heavy atom. The number of fused-ring (bicyclic) bond motifs is 3. The predicted octanol–water partition coefficient (Wildman–Crippen LogP) is 2.63. The van der Waals surface area contributed by atoms with Gasteiger partial charge in [-0.2, -0.15) is 0 Å². The van der Waals surface area contributed by atoms with Crippen LogP contribution in [0.1, 0.15) is 45.1 Å². The Morgan fingerprint density at radius 2 is 1.93 bits per heavy atom. The summed E-state index contributed by atoms with van der Waals surface area (Å²) in [6, 6.07) is 4.98. The minimum absolute atomic E-state index is 0.206. The molecule has 4 rings (SSSR count). The normalized spacial score (nSPS) is 26.0. The first-order valence-electron chi connectivity index (χ1n) is 9.31. The number of nitrogens with one attached hydrogen (secondary N) is 1. The first kappa shape index (κ1) is 19.9. The summed E-state index contributed by atoms with van der Waals surface area (Å²) in [5, 5.41) is 2.82. The van der Waals surface area contributed by atoms with Crippen molar-refractivity contribution in [3.8, 4) is 11.5 Å². The van der Waals surface area contributed by atoms with Gasteiger partial charge < -0.3 is 19.5 Å². The highest BCUT2D eigenvalue weighted by molar-refractivity contribution is 5.92. The molecule has 0 atom stereocenters. The maximum atomic E-state index is 12.3. The van der Waals surface area contributed by atoms with E-state index >= 15 is 0 Å². The molecule has 28 heavy (non-hydrogen) atoms. The molecule has 2 aliphatic heterocycles. The molecule has 1 amide bonds. The van der Waals surface area contributed by atoms with Gasteiger partial charge in [0, 0.05) is 19.5 Å². The number of esters is 2. The van der Waals surface area contributed by atoms with Crippen molar-refractivity contribution in [2.45, 2.75) is 45.1 Å². The Kier molecular flexibility index (Phi) is 5.45. The number of hydrogen-bond donors (Lipinski definition) is 1. The van der Waals surface area contributed by atoms with Crippen molar-refractivity contribution in [2.75, 3.05) is 13.7 Å². The summed E-state index contributed by atoms with van der Waals surface area (Å²) in [5.74, 6) is -0.223. The Labute approximate surface area is 164 Å². The van der Waals surface area contributed by atoms with Crippen molar-refractivity contribution >= 4 is 23.9 Å². The fraction of sp³-hybridized carbons (Fsp3) is 0.476. The number of amides is 1. The van der Waals surface area contributed by atoms with Gasteiger partial charge in [0.15, 0.2) is 11.5 Å². The molecule has 2 bridgehead atoms. The molecule has 0 radical (unpaired) electrons. The fourth-order valence-electron chi connectivity index (χ4n) is 3.66. The van der Waals surface area contributed by atoms with Gasteiger partial charge in [0.05, 0.1) is 12.5 Å². The van der Waals surface area contributed by atoms with Crippen LogP contribution in [0.2, 0.25) is 0 Å². The molecule has 1 N–H and O–H groups in total. The summed E-state index contributed by atoms with van der Waals surface area (Å²) in [5.41, 5.74) is -0.220. The van der Waals surface area contributed by atoms with Crippen molar-refractivity contribution in [3.63, 3.8) is 0 Å². The van der Waals surface area contributed by atoms with Crippen LogP contribution in [0.15, 0.2) is 24.3 Å². The SMILES string of the molecule is COc1cc(C=CC(=O)NCC23CCC(C)(CC2)OC3=O)ccc1OC(C)=O. The second-order valence-corrected chi connectivity index (χ2v) is 7.67. The van der Waals surface area contributed by atoms with Crippen LogP contribution in [0.5, 0.6) is 11.5 Å². The zero-order chi connectivity index (χ0) is 20.4. The summed E-state index contributed by atoms with van der Waals surface area (Å²) in [7, 11) is 1.47. The zero-order valence-corrected chi connectivity index (χ0v) is 16.4. The molecule has 150 valence electrons. The van der Waals surface area contributed by atoms with Gasteiger partial charge in [-0.15, -0.1) is 0 Å². The minimum Gasteiger partial charge on any atom is -0.493 e.